The van der Waals surface area contributed by atoms with E-state index in [1.807, 2.05) is 30.3 Å². The van der Waals surface area contributed by atoms with Crippen LogP contribution in [0.1, 0.15) is 5.56 Å². The molecule has 142 valence electrons. The molecule has 0 atom stereocenters. The lowest BCUT2D eigenvalue weighted by atomic mass is 9.91. The molecule has 0 spiro atoms. The van der Waals surface area contributed by atoms with Gasteiger partial charge in [0, 0.05) is 11.6 Å². The monoisotopic (exact) mass is 386 g/mol. The molecule has 1 amide bonds. The second-order valence-corrected chi connectivity index (χ2v) is 7.69. The molecule has 30 heavy (non-hydrogen) atoms. The van der Waals surface area contributed by atoms with Gasteiger partial charge in [0.25, 0.3) is 0 Å². The van der Waals surface area contributed by atoms with E-state index in [-0.39, 0.29) is 5.91 Å². The summed E-state index contributed by atoms with van der Waals surface area (Å²) in [6.45, 7) is 0. The molecule has 0 aliphatic heterocycles. The zero-order valence-electron chi connectivity index (χ0n) is 16.2. The lowest BCUT2D eigenvalue weighted by molar-refractivity contribution is -0.115. The van der Waals surface area contributed by atoms with Gasteiger partial charge in [0.1, 0.15) is 0 Å². The van der Waals surface area contributed by atoms with E-state index in [1.54, 1.807) is 6.20 Å². The normalized spacial score (nSPS) is 11.6. The predicted octanol–water partition coefficient (Wildman–Crippen LogP) is 6.31. The number of fused-ring (bicyclic) bond motifs is 1. The molecule has 0 fully saturated rings. The van der Waals surface area contributed by atoms with Crippen molar-refractivity contribution in [2.24, 2.45) is 0 Å². The Labute approximate surface area is 173 Å². The van der Waals surface area contributed by atoms with Crippen LogP contribution in [0.2, 0.25) is 0 Å². The van der Waals surface area contributed by atoms with Crippen molar-refractivity contribution < 1.29 is 4.79 Å². The van der Waals surface area contributed by atoms with Gasteiger partial charge in [0.2, 0.25) is 5.91 Å². The van der Waals surface area contributed by atoms with Crippen LogP contribution in [0, 0.1) is 0 Å². The van der Waals surface area contributed by atoms with Crippen molar-refractivity contribution in [2.75, 3.05) is 5.32 Å². The Bertz CT molecular complexity index is 1550. The first kappa shape index (κ1) is 16.9. The Morgan fingerprint density at radius 1 is 0.700 bits per heavy atom. The quantitative estimate of drug-likeness (QED) is 0.362. The standard InChI is InChI=1S/C27H18N2O/c30-24(29-23-8-2-6-20-7-3-15-28-27(20)23)16-21-12-11-19-10-9-17-4-1-5-18-13-14-22(21)26(19)25(17)18/h1-15H,16H2,(H,29,30). The van der Waals surface area contributed by atoms with E-state index in [1.165, 1.54) is 26.9 Å². The molecule has 1 N–H and O–H groups in total. The second-order valence-electron chi connectivity index (χ2n) is 7.69. The van der Waals surface area contributed by atoms with Crippen LogP contribution in [0.25, 0.3) is 43.2 Å². The van der Waals surface area contributed by atoms with Crippen molar-refractivity contribution in [3.05, 3.63) is 96.7 Å². The first-order chi connectivity index (χ1) is 14.8. The molecule has 1 aromatic heterocycles. The van der Waals surface area contributed by atoms with Crippen LogP contribution in [0.15, 0.2) is 91.1 Å². The smallest absolute Gasteiger partial charge is 0.228 e. The number of para-hydroxylation sites is 1. The number of anilines is 1. The number of carbonyl (C=O) groups is 1. The third-order valence-electron chi connectivity index (χ3n) is 5.88. The number of carbonyl (C=O) groups excluding carboxylic acids is 1. The SMILES string of the molecule is O=C(Cc1ccc2ccc3cccc4ccc1c2c34)Nc1cccc2cccnc12. The van der Waals surface area contributed by atoms with Gasteiger partial charge >= 0.3 is 0 Å². The van der Waals surface area contributed by atoms with E-state index in [9.17, 15) is 4.79 Å². The highest BCUT2D eigenvalue weighted by atomic mass is 16.1. The molecule has 3 nitrogen and oxygen atoms in total. The predicted molar refractivity (Wildman–Crippen MR) is 124 cm³/mol. The first-order valence-electron chi connectivity index (χ1n) is 10.1. The zero-order chi connectivity index (χ0) is 20.1. The van der Waals surface area contributed by atoms with Gasteiger partial charge < -0.3 is 5.32 Å². The van der Waals surface area contributed by atoms with Crippen molar-refractivity contribution in [1.82, 2.24) is 4.98 Å². The number of rotatable bonds is 3. The molecule has 0 radical (unpaired) electrons. The fourth-order valence-corrected chi connectivity index (χ4v) is 4.52. The maximum absolute atomic E-state index is 12.9. The van der Waals surface area contributed by atoms with Gasteiger partial charge in [-0.3, -0.25) is 9.78 Å². The zero-order valence-corrected chi connectivity index (χ0v) is 16.2. The Kier molecular flexibility index (Phi) is 3.68. The highest BCUT2D eigenvalue weighted by molar-refractivity contribution is 6.23. The number of hydrogen-bond acceptors (Lipinski definition) is 2. The topological polar surface area (TPSA) is 42.0 Å². The number of nitrogens with one attached hydrogen (secondary N) is 1. The Morgan fingerprint density at radius 3 is 2.23 bits per heavy atom. The van der Waals surface area contributed by atoms with E-state index < -0.39 is 0 Å². The number of amides is 1. The number of benzene rings is 5. The minimum Gasteiger partial charge on any atom is -0.324 e. The molecular weight excluding hydrogens is 368 g/mol. The Hall–Kier alpha value is -3.98. The van der Waals surface area contributed by atoms with Crippen molar-refractivity contribution >= 4 is 54.8 Å². The van der Waals surface area contributed by atoms with Gasteiger partial charge in [0.15, 0.2) is 0 Å². The fraction of sp³-hybridized carbons (Fsp3) is 0.0370. The maximum Gasteiger partial charge on any atom is 0.228 e. The van der Waals surface area contributed by atoms with E-state index in [0.29, 0.717) is 6.42 Å². The highest BCUT2D eigenvalue weighted by Crippen LogP contribution is 2.36. The lowest BCUT2D eigenvalue weighted by Crippen LogP contribution is -2.15. The molecule has 6 aromatic rings. The van der Waals surface area contributed by atoms with Crippen LogP contribution in [-0.2, 0) is 11.2 Å². The summed E-state index contributed by atoms with van der Waals surface area (Å²) in [5.74, 6) is -0.0387. The highest BCUT2D eigenvalue weighted by Gasteiger charge is 2.13. The van der Waals surface area contributed by atoms with Crippen LogP contribution in [0.5, 0.6) is 0 Å². The summed E-state index contributed by atoms with van der Waals surface area (Å²) in [5.41, 5.74) is 2.59. The average molecular weight is 386 g/mol. The molecule has 0 saturated heterocycles. The van der Waals surface area contributed by atoms with E-state index in [2.05, 4.69) is 64.9 Å². The van der Waals surface area contributed by atoms with Crippen LogP contribution < -0.4 is 5.32 Å². The van der Waals surface area contributed by atoms with Crippen LogP contribution >= 0.6 is 0 Å². The minimum atomic E-state index is -0.0387. The summed E-state index contributed by atoms with van der Waals surface area (Å²) in [6, 6.07) is 28.9. The number of pyridine rings is 1. The summed E-state index contributed by atoms with van der Waals surface area (Å²) in [6.07, 6.45) is 2.07. The van der Waals surface area contributed by atoms with Crippen molar-refractivity contribution in [1.29, 1.82) is 0 Å². The lowest BCUT2D eigenvalue weighted by Gasteiger charge is -2.14. The van der Waals surface area contributed by atoms with E-state index >= 15 is 0 Å². The summed E-state index contributed by atoms with van der Waals surface area (Å²) in [7, 11) is 0. The van der Waals surface area contributed by atoms with Crippen molar-refractivity contribution in [3.63, 3.8) is 0 Å². The van der Waals surface area contributed by atoms with Crippen LogP contribution in [0.4, 0.5) is 5.69 Å². The molecule has 3 heteroatoms. The number of nitrogens with zero attached hydrogens (tertiary/aromatic N) is 1. The minimum absolute atomic E-state index is 0.0387. The molecule has 0 saturated carbocycles. The molecular formula is C27H18N2O. The molecule has 1 heterocycles. The summed E-state index contributed by atoms with van der Waals surface area (Å²) in [5, 5.41) is 11.4. The first-order valence-corrected chi connectivity index (χ1v) is 10.1. The molecule has 0 unspecified atom stereocenters. The van der Waals surface area contributed by atoms with E-state index in [0.717, 1.165) is 27.5 Å². The van der Waals surface area contributed by atoms with Gasteiger partial charge in [0.05, 0.1) is 17.6 Å². The van der Waals surface area contributed by atoms with Gasteiger partial charge in [-0.15, -0.1) is 0 Å². The number of aromatic nitrogens is 1. The summed E-state index contributed by atoms with van der Waals surface area (Å²) < 4.78 is 0. The molecule has 0 aliphatic rings. The van der Waals surface area contributed by atoms with Crippen molar-refractivity contribution in [3.8, 4) is 0 Å². The third kappa shape index (κ3) is 2.60. The molecule has 0 aliphatic carbocycles. The average Bonchev–Trinajstić information content (AvgIpc) is 2.79. The summed E-state index contributed by atoms with van der Waals surface area (Å²) >= 11 is 0. The maximum atomic E-state index is 12.9. The van der Waals surface area contributed by atoms with Gasteiger partial charge in [-0.1, -0.05) is 72.8 Å². The largest absolute Gasteiger partial charge is 0.324 e. The third-order valence-corrected chi connectivity index (χ3v) is 5.88. The Morgan fingerprint density at radius 2 is 1.37 bits per heavy atom. The van der Waals surface area contributed by atoms with E-state index in [4.69, 9.17) is 0 Å². The molecule has 6 rings (SSSR count). The summed E-state index contributed by atoms with van der Waals surface area (Å²) in [4.78, 5) is 17.4. The second kappa shape index (κ2) is 6.53. The van der Waals surface area contributed by atoms with Crippen molar-refractivity contribution in [2.45, 2.75) is 6.42 Å². The molecule has 5 aromatic carbocycles. The van der Waals surface area contributed by atoms with Crippen LogP contribution in [0.3, 0.4) is 0 Å². The van der Waals surface area contributed by atoms with Crippen LogP contribution in [-0.4, -0.2) is 10.9 Å². The van der Waals surface area contributed by atoms with Gasteiger partial charge in [-0.25, -0.2) is 0 Å². The van der Waals surface area contributed by atoms with Gasteiger partial charge in [-0.05, 0) is 50.0 Å². The molecule has 0 bridgehead atoms. The Balaban J connectivity index is 1.42. The fourth-order valence-electron chi connectivity index (χ4n) is 4.52. The van der Waals surface area contributed by atoms with Gasteiger partial charge in [-0.2, -0.15) is 0 Å². The number of hydrogen-bond donors (Lipinski definition) is 1.